The number of amides is 1. The molecule has 4 nitrogen and oxygen atoms in total. The van der Waals surface area contributed by atoms with E-state index in [9.17, 15) is 4.79 Å². The van der Waals surface area contributed by atoms with Crippen molar-refractivity contribution in [3.8, 4) is 5.75 Å². The van der Waals surface area contributed by atoms with E-state index in [0.29, 0.717) is 6.04 Å². The fraction of sp³-hybridized carbons (Fsp3) is 0.357. The van der Waals surface area contributed by atoms with E-state index in [1.807, 2.05) is 24.3 Å². The minimum atomic E-state index is -0.104. The van der Waals surface area contributed by atoms with Crippen LogP contribution in [0.1, 0.15) is 18.9 Å². The van der Waals surface area contributed by atoms with Crippen molar-refractivity contribution in [3.63, 3.8) is 0 Å². The van der Waals surface area contributed by atoms with Crippen LogP contribution in [0.25, 0.3) is 0 Å². The van der Waals surface area contributed by atoms with Crippen molar-refractivity contribution in [3.05, 3.63) is 36.4 Å². The molecule has 0 radical (unpaired) electrons. The number of nitrogens with one attached hydrogen (secondary N) is 2. The molecule has 2 rings (SSSR count). The molecular formula is C14H18N2O2. The first-order valence-electron chi connectivity index (χ1n) is 6.09. The molecule has 1 aromatic carbocycles. The summed E-state index contributed by atoms with van der Waals surface area (Å²) in [5.41, 5.74) is 1.87. The third-order valence-electron chi connectivity index (χ3n) is 2.85. The number of benzene rings is 1. The summed E-state index contributed by atoms with van der Waals surface area (Å²) < 4.78 is 5.31. The largest absolute Gasteiger partial charge is 0.482 e. The molecule has 2 N–H and O–H groups in total. The molecule has 0 saturated heterocycles. The third kappa shape index (κ3) is 3.11. The lowest BCUT2D eigenvalue weighted by Crippen LogP contribution is -2.26. The Kier molecular flexibility index (Phi) is 3.99. The molecule has 1 amide bonds. The maximum absolute atomic E-state index is 11.2. The number of hydrogen-bond acceptors (Lipinski definition) is 3. The third-order valence-corrected chi connectivity index (χ3v) is 2.85. The van der Waals surface area contributed by atoms with E-state index in [0.717, 1.165) is 30.0 Å². The average molecular weight is 246 g/mol. The van der Waals surface area contributed by atoms with E-state index in [4.69, 9.17) is 4.74 Å². The van der Waals surface area contributed by atoms with Gasteiger partial charge in [0.25, 0.3) is 5.91 Å². The molecule has 1 atom stereocenters. The summed E-state index contributed by atoms with van der Waals surface area (Å²) >= 11 is 0. The second-order valence-electron chi connectivity index (χ2n) is 4.47. The molecule has 1 heterocycles. The molecule has 0 fully saturated rings. The van der Waals surface area contributed by atoms with Crippen molar-refractivity contribution in [1.82, 2.24) is 5.32 Å². The minimum absolute atomic E-state index is 0.0982. The Morgan fingerprint density at radius 1 is 1.61 bits per heavy atom. The summed E-state index contributed by atoms with van der Waals surface area (Å²) in [6.45, 7) is 6.69. The van der Waals surface area contributed by atoms with Gasteiger partial charge in [-0.3, -0.25) is 4.79 Å². The van der Waals surface area contributed by atoms with E-state index in [1.54, 1.807) is 0 Å². The summed E-state index contributed by atoms with van der Waals surface area (Å²) in [6.07, 6.45) is 2.84. The molecule has 0 aromatic heterocycles. The Morgan fingerprint density at radius 2 is 2.44 bits per heavy atom. The van der Waals surface area contributed by atoms with Gasteiger partial charge in [-0.2, -0.15) is 0 Å². The van der Waals surface area contributed by atoms with Gasteiger partial charge in [0.15, 0.2) is 6.61 Å². The van der Waals surface area contributed by atoms with Gasteiger partial charge >= 0.3 is 0 Å². The van der Waals surface area contributed by atoms with Crippen molar-refractivity contribution in [2.75, 3.05) is 11.9 Å². The monoisotopic (exact) mass is 246 g/mol. The molecule has 0 saturated carbocycles. The Morgan fingerprint density at radius 3 is 3.22 bits per heavy atom. The predicted octanol–water partition coefficient (Wildman–Crippen LogP) is 2.07. The summed E-state index contributed by atoms with van der Waals surface area (Å²) in [7, 11) is 0. The topological polar surface area (TPSA) is 50.4 Å². The molecule has 1 aromatic rings. The van der Waals surface area contributed by atoms with E-state index < -0.39 is 0 Å². The molecule has 1 aliphatic rings. The molecular weight excluding hydrogens is 228 g/mol. The van der Waals surface area contributed by atoms with E-state index in [1.165, 1.54) is 0 Å². The van der Waals surface area contributed by atoms with Crippen LogP contribution in [0, 0.1) is 0 Å². The van der Waals surface area contributed by atoms with Crippen LogP contribution in [0.3, 0.4) is 0 Å². The van der Waals surface area contributed by atoms with Crippen LogP contribution in [-0.2, 0) is 11.3 Å². The number of hydrogen-bond donors (Lipinski definition) is 2. The highest BCUT2D eigenvalue weighted by atomic mass is 16.5. The van der Waals surface area contributed by atoms with Gasteiger partial charge in [-0.15, -0.1) is 6.58 Å². The zero-order valence-electron chi connectivity index (χ0n) is 10.5. The molecule has 0 aliphatic carbocycles. The van der Waals surface area contributed by atoms with E-state index >= 15 is 0 Å². The van der Waals surface area contributed by atoms with Crippen molar-refractivity contribution in [1.29, 1.82) is 0 Å². The fourth-order valence-corrected chi connectivity index (χ4v) is 1.87. The number of anilines is 1. The number of rotatable bonds is 5. The number of fused-ring (bicyclic) bond motifs is 1. The zero-order chi connectivity index (χ0) is 13.0. The lowest BCUT2D eigenvalue weighted by molar-refractivity contribution is -0.118. The molecule has 4 heteroatoms. The molecule has 0 spiro atoms. The smallest absolute Gasteiger partial charge is 0.262 e. The Balaban J connectivity index is 2.00. The highest BCUT2D eigenvalue weighted by Crippen LogP contribution is 2.28. The van der Waals surface area contributed by atoms with Crippen LogP contribution in [0.2, 0.25) is 0 Å². The van der Waals surface area contributed by atoms with Gasteiger partial charge in [0.1, 0.15) is 5.75 Å². The predicted molar refractivity (Wildman–Crippen MR) is 71.7 cm³/mol. The maximum Gasteiger partial charge on any atom is 0.262 e. The maximum atomic E-state index is 11.2. The quantitative estimate of drug-likeness (QED) is 0.782. The molecule has 1 unspecified atom stereocenters. The minimum Gasteiger partial charge on any atom is -0.482 e. The van der Waals surface area contributed by atoms with Crippen molar-refractivity contribution >= 4 is 11.6 Å². The van der Waals surface area contributed by atoms with Crippen molar-refractivity contribution in [2.24, 2.45) is 0 Å². The first-order chi connectivity index (χ1) is 8.69. The second kappa shape index (κ2) is 5.69. The van der Waals surface area contributed by atoms with Gasteiger partial charge in [0.05, 0.1) is 5.69 Å². The Hall–Kier alpha value is -1.81. The van der Waals surface area contributed by atoms with E-state index in [-0.39, 0.29) is 12.5 Å². The van der Waals surface area contributed by atoms with Gasteiger partial charge in [-0.05, 0) is 31.0 Å². The normalized spacial score (nSPS) is 15.3. The van der Waals surface area contributed by atoms with Crippen LogP contribution in [-0.4, -0.2) is 18.6 Å². The van der Waals surface area contributed by atoms with Crippen LogP contribution in [0.15, 0.2) is 30.9 Å². The Labute approximate surface area is 107 Å². The second-order valence-corrected chi connectivity index (χ2v) is 4.47. The summed E-state index contributed by atoms with van der Waals surface area (Å²) in [4.78, 5) is 11.2. The number of carbonyl (C=O) groups excluding carboxylic acids is 1. The van der Waals surface area contributed by atoms with Gasteiger partial charge in [0.2, 0.25) is 0 Å². The van der Waals surface area contributed by atoms with Gasteiger partial charge in [-0.1, -0.05) is 12.1 Å². The molecule has 96 valence electrons. The van der Waals surface area contributed by atoms with Gasteiger partial charge in [0, 0.05) is 12.6 Å². The summed E-state index contributed by atoms with van der Waals surface area (Å²) in [5, 5.41) is 6.20. The van der Waals surface area contributed by atoms with Crippen LogP contribution in [0.5, 0.6) is 5.75 Å². The summed E-state index contributed by atoms with van der Waals surface area (Å²) in [6, 6.07) is 6.23. The van der Waals surface area contributed by atoms with Gasteiger partial charge < -0.3 is 15.4 Å². The van der Waals surface area contributed by atoms with Crippen LogP contribution in [0.4, 0.5) is 5.69 Å². The molecule has 1 aliphatic heterocycles. The van der Waals surface area contributed by atoms with Crippen LogP contribution < -0.4 is 15.4 Å². The van der Waals surface area contributed by atoms with Crippen molar-refractivity contribution in [2.45, 2.75) is 25.9 Å². The average Bonchev–Trinajstić information content (AvgIpc) is 2.36. The highest BCUT2D eigenvalue weighted by molar-refractivity contribution is 5.95. The lowest BCUT2D eigenvalue weighted by Gasteiger charge is -2.19. The first-order valence-corrected chi connectivity index (χ1v) is 6.09. The first kappa shape index (κ1) is 12.6. The number of ether oxygens (including phenoxy) is 1. The SMILES string of the molecule is C=CCC(C)NCc1ccc2c(c1)NC(=O)CO2. The molecule has 0 bridgehead atoms. The van der Waals surface area contributed by atoms with Gasteiger partial charge in [-0.25, -0.2) is 0 Å². The van der Waals surface area contributed by atoms with Crippen molar-refractivity contribution < 1.29 is 9.53 Å². The Bertz CT molecular complexity index is 457. The summed E-state index contributed by atoms with van der Waals surface area (Å²) in [5.74, 6) is 0.630. The van der Waals surface area contributed by atoms with E-state index in [2.05, 4.69) is 24.1 Å². The highest BCUT2D eigenvalue weighted by Gasteiger charge is 2.15. The number of carbonyl (C=O) groups is 1. The lowest BCUT2D eigenvalue weighted by atomic mass is 10.1. The standard InChI is InChI=1S/C14H18N2O2/c1-3-4-10(2)15-8-11-5-6-13-12(7-11)16-14(17)9-18-13/h3,5-7,10,15H,1,4,8-9H2,2H3,(H,16,17). The fourth-order valence-electron chi connectivity index (χ4n) is 1.87. The zero-order valence-corrected chi connectivity index (χ0v) is 10.5. The van der Waals surface area contributed by atoms with Crippen LogP contribution >= 0.6 is 0 Å². The molecule has 18 heavy (non-hydrogen) atoms.